The number of nitrogens with two attached hydrogens (primary N) is 1. The van der Waals surface area contributed by atoms with Gasteiger partial charge in [-0.3, -0.25) is 9.78 Å². The van der Waals surface area contributed by atoms with Gasteiger partial charge in [0.1, 0.15) is 12.1 Å². The number of thiophene rings is 1. The van der Waals surface area contributed by atoms with Crippen LogP contribution >= 0.6 is 22.9 Å². The summed E-state index contributed by atoms with van der Waals surface area (Å²) in [5, 5.41) is 7.50. The summed E-state index contributed by atoms with van der Waals surface area (Å²) in [7, 11) is 0. The first kappa shape index (κ1) is 21.3. The number of halogens is 1. The van der Waals surface area contributed by atoms with Crippen molar-refractivity contribution >= 4 is 61.3 Å². The van der Waals surface area contributed by atoms with E-state index < -0.39 is 0 Å². The van der Waals surface area contributed by atoms with Gasteiger partial charge in [0.2, 0.25) is 0 Å². The molecule has 2 aromatic carbocycles. The summed E-state index contributed by atoms with van der Waals surface area (Å²) >= 11 is 7.89. The van der Waals surface area contributed by atoms with Gasteiger partial charge < -0.3 is 11.1 Å². The van der Waals surface area contributed by atoms with Gasteiger partial charge in [0.05, 0.1) is 27.2 Å². The van der Waals surface area contributed by atoms with Crippen molar-refractivity contribution in [3.05, 3.63) is 87.3 Å². The van der Waals surface area contributed by atoms with E-state index in [-0.39, 0.29) is 5.91 Å². The number of anilines is 2. The van der Waals surface area contributed by atoms with E-state index in [9.17, 15) is 4.79 Å². The third kappa shape index (κ3) is 3.79. The summed E-state index contributed by atoms with van der Waals surface area (Å²) in [5.41, 5.74) is 11.6. The molecule has 0 atom stereocenters. The molecule has 3 aromatic heterocycles. The summed E-state index contributed by atoms with van der Waals surface area (Å²) in [5.74, 6) is 0.131. The summed E-state index contributed by atoms with van der Waals surface area (Å²) in [6.45, 7) is 3.96. The van der Waals surface area contributed by atoms with Crippen LogP contribution in [0.25, 0.3) is 21.0 Å². The topological polar surface area (TPSA) is 93.8 Å². The Kier molecular flexibility index (Phi) is 5.44. The highest BCUT2D eigenvalue weighted by atomic mass is 35.5. The Balaban J connectivity index is 1.55. The third-order valence-corrected chi connectivity index (χ3v) is 7.26. The molecule has 3 N–H and O–H groups in total. The lowest BCUT2D eigenvalue weighted by Gasteiger charge is -2.14. The minimum atomic E-state index is -0.241. The molecule has 33 heavy (non-hydrogen) atoms. The van der Waals surface area contributed by atoms with Gasteiger partial charge in [0.15, 0.2) is 0 Å². The lowest BCUT2D eigenvalue weighted by Crippen LogP contribution is -2.13. The normalized spacial score (nSPS) is 11.2. The molecule has 0 saturated carbocycles. The van der Waals surface area contributed by atoms with Gasteiger partial charge in [-0.25, -0.2) is 9.97 Å². The number of pyridine rings is 1. The second-order valence-electron chi connectivity index (χ2n) is 7.88. The molecule has 0 aliphatic carbocycles. The number of benzene rings is 2. The van der Waals surface area contributed by atoms with Crippen LogP contribution in [0.2, 0.25) is 5.02 Å². The maximum Gasteiger partial charge on any atom is 0.258 e. The highest BCUT2D eigenvalue weighted by Crippen LogP contribution is 2.33. The van der Waals surface area contributed by atoms with Crippen LogP contribution in [0.15, 0.2) is 54.3 Å². The predicted octanol–water partition coefficient (Wildman–Crippen LogP) is 5.94. The number of rotatable bonds is 4. The molecule has 0 radical (unpaired) electrons. The van der Waals surface area contributed by atoms with Crippen molar-refractivity contribution in [3.63, 3.8) is 0 Å². The number of carbonyl (C=O) groups excluding carboxylic acids is 1. The van der Waals surface area contributed by atoms with Crippen LogP contribution in [0.4, 0.5) is 11.5 Å². The molecule has 3 heterocycles. The Morgan fingerprint density at radius 2 is 1.91 bits per heavy atom. The van der Waals surface area contributed by atoms with E-state index in [4.69, 9.17) is 17.3 Å². The minimum Gasteiger partial charge on any atom is -0.382 e. The van der Waals surface area contributed by atoms with Gasteiger partial charge in [-0.15, -0.1) is 11.3 Å². The number of fused-ring (bicyclic) bond motifs is 2. The molecule has 0 fully saturated rings. The Bertz CT molecular complexity index is 1550. The molecule has 5 rings (SSSR count). The molecule has 6 nitrogen and oxygen atoms in total. The Morgan fingerprint density at radius 3 is 2.76 bits per heavy atom. The lowest BCUT2D eigenvalue weighted by molar-refractivity contribution is 0.102. The first-order valence-corrected chi connectivity index (χ1v) is 11.6. The van der Waals surface area contributed by atoms with Crippen LogP contribution < -0.4 is 11.1 Å². The minimum absolute atomic E-state index is 0.241. The fourth-order valence-electron chi connectivity index (χ4n) is 3.97. The molecule has 1 amide bonds. The summed E-state index contributed by atoms with van der Waals surface area (Å²) in [6, 6.07) is 12.0. The second-order valence-corrected chi connectivity index (χ2v) is 9.13. The fraction of sp³-hybridized carbons (Fsp3) is 0.120. The monoisotopic (exact) mass is 473 g/mol. The van der Waals surface area contributed by atoms with Gasteiger partial charge >= 0.3 is 0 Å². The third-order valence-electron chi connectivity index (χ3n) is 5.73. The zero-order valence-electron chi connectivity index (χ0n) is 18.0. The van der Waals surface area contributed by atoms with Crippen molar-refractivity contribution in [2.75, 3.05) is 11.1 Å². The second kappa shape index (κ2) is 8.42. The fourth-order valence-corrected chi connectivity index (χ4v) is 5.06. The van der Waals surface area contributed by atoms with Crippen molar-refractivity contribution in [1.29, 1.82) is 0 Å². The van der Waals surface area contributed by atoms with E-state index in [1.54, 1.807) is 11.6 Å². The number of aryl methyl sites for hydroxylation is 2. The number of nitrogen functional groups attached to an aromatic ring is 1. The van der Waals surface area contributed by atoms with E-state index in [1.165, 1.54) is 17.7 Å². The molecule has 0 spiro atoms. The van der Waals surface area contributed by atoms with Crippen molar-refractivity contribution in [2.24, 2.45) is 0 Å². The number of aromatic nitrogens is 3. The van der Waals surface area contributed by atoms with Crippen LogP contribution in [0.3, 0.4) is 0 Å². The van der Waals surface area contributed by atoms with Crippen LogP contribution in [0, 0.1) is 13.8 Å². The molecule has 5 aromatic rings. The lowest BCUT2D eigenvalue weighted by atomic mass is 9.99. The number of nitrogens with zero attached hydrogens (tertiary/aromatic N) is 3. The first-order valence-electron chi connectivity index (χ1n) is 10.3. The smallest absolute Gasteiger partial charge is 0.258 e. The Labute approximate surface area is 199 Å². The average Bonchev–Trinajstić information content (AvgIpc) is 3.24. The first-order chi connectivity index (χ1) is 15.9. The van der Waals surface area contributed by atoms with Crippen molar-refractivity contribution in [2.45, 2.75) is 20.3 Å². The zero-order chi connectivity index (χ0) is 23.1. The maximum absolute atomic E-state index is 13.2. The molecule has 0 aliphatic heterocycles. The molecule has 8 heteroatoms. The van der Waals surface area contributed by atoms with Crippen molar-refractivity contribution in [3.8, 4) is 0 Å². The average molecular weight is 474 g/mol. The van der Waals surface area contributed by atoms with Crippen molar-refractivity contribution in [1.82, 2.24) is 15.0 Å². The van der Waals surface area contributed by atoms with Crippen LogP contribution in [0.1, 0.15) is 32.7 Å². The number of carbonyl (C=O) groups is 1. The van der Waals surface area contributed by atoms with E-state index in [0.29, 0.717) is 28.0 Å². The summed E-state index contributed by atoms with van der Waals surface area (Å²) < 4.78 is 0.707. The molecular weight excluding hydrogens is 454 g/mol. The van der Waals surface area contributed by atoms with Crippen LogP contribution in [-0.2, 0) is 6.42 Å². The Morgan fingerprint density at radius 1 is 1.06 bits per heavy atom. The quantitative estimate of drug-likeness (QED) is 0.337. The standard InChI is InChI=1S/C25H20ClN5OS/c1-13-4-3-5-15(20(13)26)10-19-16-7-6-14(2)21(17(16)8-9-28-19)31-25(32)18-11-33-23-22(18)29-12-30-24(23)27/h3-9,11-12H,10H2,1-2H3,(H,31,32)(H2,27,29,30). The Hall–Kier alpha value is -3.55. The van der Waals surface area contributed by atoms with Crippen LogP contribution in [0.5, 0.6) is 0 Å². The summed E-state index contributed by atoms with van der Waals surface area (Å²) in [6.07, 6.45) is 3.74. The number of nitrogens with one attached hydrogen (secondary N) is 1. The van der Waals surface area contributed by atoms with Crippen LogP contribution in [-0.4, -0.2) is 20.9 Å². The van der Waals surface area contributed by atoms with E-state index >= 15 is 0 Å². The largest absolute Gasteiger partial charge is 0.382 e. The maximum atomic E-state index is 13.2. The predicted molar refractivity (Wildman–Crippen MR) is 135 cm³/mol. The highest BCUT2D eigenvalue weighted by Gasteiger charge is 2.18. The van der Waals surface area contributed by atoms with E-state index in [1.807, 2.05) is 50.2 Å². The van der Waals surface area contributed by atoms with Gasteiger partial charge in [-0.05, 0) is 36.6 Å². The summed E-state index contributed by atoms with van der Waals surface area (Å²) in [4.78, 5) is 26.1. The van der Waals surface area contributed by atoms with Gasteiger partial charge in [-0.1, -0.05) is 41.9 Å². The number of hydrogen-bond donors (Lipinski definition) is 2. The molecule has 0 aliphatic rings. The number of amides is 1. The van der Waals surface area contributed by atoms with E-state index in [0.717, 1.165) is 43.9 Å². The molecule has 0 unspecified atom stereocenters. The zero-order valence-corrected chi connectivity index (χ0v) is 19.6. The van der Waals surface area contributed by atoms with Gasteiger partial charge in [0, 0.05) is 33.8 Å². The number of hydrogen-bond acceptors (Lipinski definition) is 6. The SMILES string of the molecule is Cc1cccc(Cc2nccc3c(NC(=O)c4csc5c(N)ncnc45)c(C)ccc23)c1Cl. The molecular formula is C25H20ClN5OS. The van der Waals surface area contributed by atoms with Crippen molar-refractivity contribution < 1.29 is 4.79 Å². The molecule has 0 saturated heterocycles. The van der Waals surface area contributed by atoms with E-state index in [2.05, 4.69) is 20.3 Å². The van der Waals surface area contributed by atoms with Gasteiger partial charge in [-0.2, -0.15) is 0 Å². The molecule has 0 bridgehead atoms. The van der Waals surface area contributed by atoms with Gasteiger partial charge in [0.25, 0.3) is 5.91 Å². The highest BCUT2D eigenvalue weighted by molar-refractivity contribution is 7.18. The molecule has 164 valence electrons.